The fourth-order valence-electron chi connectivity index (χ4n) is 0.893. The molecule has 0 aliphatic carbocycles. The van der Waals surface area contributed by atoms with E-state index in [-0.39, 0.29) is 0 Å². The van der Waals surface area contributed by atoms with E-state index in [0.717, 1.165) is 4.90 Å². The topological polar surface area (TPSA) is 59.0 Å². The Kier molecular flexibility index (Phi) is 3.90. The Morgan fingerprint density at radius 2 is 2.27 bits per heavy atom. The third-order valence-electron chi connectivity index (χ3n) is 1.58. The van der Waals surface area contributed by atoms with Crippen LogP contribution in [0.25, 0.3) is 0 Å². The molecule has 0 saturated heterocycles. The minimum Gasteiger partial charge on any atom is -0.454 e. The monoisotopic (exact) mass is 218 g/mol. The van der Waals surface area contributed by atoms with Crippen molar-refractivity contribution in [3.8, 4) is 0 Å². The molecule has 5 nitrogen and oxygen atoms in total. The Bertz CT molecular complexity index is 324. The predicted octanol–water partition coefficient (Wildman–Crippen LogP) is 0.181. The molecule has 0 spiro atoms. The van der Waals surface area contributed by atoms with E-state index in [1.54, 1.807) is 0 Å². The molecule has 82 valence electrons. The van der Waals surface area contributed by atoms with Gasteiger partial charge in [-0.2, -0.15) is 8.78 Å². The number of halogens is 2. The molecule has 0 aromatic heterocycles. The number of hydrogen-bond acceptors (Lipinski definition) is 4. The Morgan fingerprint density at radius 1 is 1.53 bits per heavy atom. The van der Waals surface area contributed by atoms with Crippen LogP contribution in [0.3, 0.4) is 0 Å². The van der Waals surface area contributed by atoms with E-state index in [4.69, 9.17) is 0 Å². The number of hydrogen-bond donors (Lipinski definition) is 0. The molecule has 0 saturated carbocycles. The molecular formula is C8H8F2N2O3. The first-order chi connectivity index (χ1) is 7.11. The van der Waals surface area contributed by atoms with Gasteiger partial charge in [0.25, 0.3) is 6.08 Å². The molecule has 1 heterocycles. The third kappa shape index (κ3) is 3.45. The lowest BCUT2D eigenvalue weighted by Crippen LogP contribution is -2.35. The van der Waals surface area contributed by atoms with Crippen molar-refractivity contribution in [1.29, 1.82) is 0 Å². The molecule has 1 aliphatic heterocycles. The first-order valence-corrected chi connectivity index (χ1v) is 4.10. The SMILES string of the molecule is O=C(OCC=C(F)F)C(=O)N1C=NCC1. The van der Waals surface area contributed by atoms with Gasteiger partial charge in [-0.1, -0.05) is 0 Å². The summed E-state index contributed by atoms with van der Waals surface area (Å²) in [4.78, 5) is 26.9. The summed E-state index contributed by atoms with van der Waals surface area (Å²) in [5.74, 6) is -2.07. The lowest BCUT2D eigenvalue weighted by Gasteiger charge is -2.09. The largest absolute Gasteiger partial charge is 0.454 e. The van der Waals surface area contributed by atoms with Crippen LogP contribution in [0.5, 0.6) is 0 Å². The Morgan fingerprint density at radius 3 is 2.80 bits per heavy atom. The van der Waals surface area contributed by atoms with Gasteiger partial charge in [-0.25, -0.2) is 4.79 Å². The number of nitrogens with zero attached hydrogens (tertiary/aromatic N) is 2. The van der Waals surface area contributed by atoms with Gasteiger partial charge in [-0.3, -0.25) is 14.7 Å². The first kappa shape index (κ1) is 11.3. The van der Waals surface area contributed by atoms with Gasteiger partial charge in [-0.05, 0) is 0 Å². The van der Waals surface area contributed by atoms with E-state index in [0.29, 0.717) is 19.2 Å². The molecule has 0 bridgehead atoms. The molecule has 0 fully saturated rings. The third-order valence-corrected chi connectivity index (χ3v) is 1.58. The zero-order valence-corrected chi connectivity index (χ0v) is 7.65. The molecule has 1 amide bonds. The van der Waals surface area contributed by atoms with E-state index >= 15 is 0 Å². The minimum absolute atomic E-state index is 0.307. The van der Waals surface area contributed by atoms with Crippen LogP contribution in [-0.2, 0) is 14.3 Å². The van der Waals surface area contributed by atoms with Crippen molar-refractivity contribution in [2.24, 2.45) is 4.99 Å². The Balaban J connectivity index is 2.36. The summed E-state index contributed by atoms with van der Waals surface area (Å²) in [6.07, 6.45) is -0.337. The first-order valence-electron chi connectivity index (χ1n) is 4.10. The fraction of sp³-hybridized carbons (Fsp3) is 0.375. The standard InChI is InChI=1S/C8H8F2N2O3/c9-6(10)1-4-15-8(14)7(13)12-3-2-11-5-12/h1,5H,2-4H2. The summed E-state index contributed by atoms with van der Waals surface area (Å²) in [5.41, 5.74) is 0. The highest BCUT2D eigenvalue weighted by Gasteiger charge is 2.23. The molecule has 15 heavy (non-hydrogen) atoms. The van der Waals surface area contributed by atoms with Crippen molar-refractivity contribution in [1.82, 2.24) is 4.90 Å². The Labute approximate surface area is 84.0 Å². The number of carbonyl (C=O) groups excluding carboxylic acids is 2. The maximum atomic E-state index is 11.5. The number of aliphatic imine (C=N–C) groups is 1. The Hall–Kier alpha value is -1.79. The molecule has 7 heteroatoms. The van der Waals surface area contributed by atoms with Crippen molar-refractivity contribution in [3.63, 3.8) is 0 Å². The van der Waals surface area contributed by atoms with Crippen LogP contribution < -0.4 is 0 Å². The maximum absolute atomic E-state index is 11.5. The summed E-state index contributed by atoms with van der Waals surface area (Å²) >= 11 is 0. The number of ether oxygens (including phenoxy) is 1. The van der Waals surface area contributed by atoms with Gasteiger partial charge in [0.05, 0.1) is 12.9 Å². The van der Waals surface area contributed by atoms with Crippen molar-refractivity contribution in [2.75, 3.05) is 19.7 Å². The normalized spacial score (nSPS) is 13.9. The average Bonchev–Trinajstić information content (AvgIpc) is 2.68. The van der Waals surface area contributed by atoms with Crippen molar-refractivity contribution < 1.29 is 23.1 Å². The van der Waals surface area contributed by atoms with E-state index in [2.05, 4.69) is 9.73 Å². The van der Waals surface area contributed by atoms with Crippen molar-refractivity contribution in [2.45, 2.75) is 0 Å². The summed E-state index contributed by atoms with van der Waals surface area (Å²) in [5, 5.41) is 0. The van der Waals surface area contributed by atoms with Crippen LogP contribution in [0, 0.1) is 0 Å². The van der Waals surface area contributed by atoms with Gasteiger partial charge in [-0.15, -0.1) is 0 Å². The highest BCUT2D eigenvalue weighted by Crippen LogP contribution is 1.98. The predicted molar refractivity (Wildman–Crippen MR) is 46.3 cm³/mol. The van der Waals surface area contributed by atoms with Crippen molar-refractivity contribution in [3.05, 3.63) is 12.2 Å². The quantitative estimate of drug-likeness (QED) is 0.490. The van der Waals surface area contributed by atoms with E-state index in [1.807, 2.05) is 0 Å². The summed E-state index contributed by atoms with van der Waals surface area (Å²) in [7, 11) is 0. The molecule has 0 atom stereocenters. The smallest absolute Gasteiger partial charge is 0.397 e. The molecule has 0 aromatic carbocycles. The van der Waals surface area contributed by atoms with Crippen LogP contribution >= 0.6 is 0 Å². The van der Waals surface area contributed by atoms with Gasteiger partial charge in [0.1, 0.15) is 6.61 Å². The highest BCUT2D eigenvalue weighted by atomic mass is 19.3. The van der Waals surface area contributed by atoms with Gasteiger partial charge in [0, 0.05) is 12.6 Å². The van der Waals surface area contributed by atoms with E-state index < -0.39 is 24.6 Å². The van der Waals surface area contributed by atoms with E-state index in [9.17, 15) is 18.4 Å². The van der Waals surface area contributed by atoms with Crippen LogP contribution in [0.4, 0.5) is 8.78 Å². The van der Waals surface area contributed by atoms with Crippen molar-refractivity contribution >= 4 is 18.2 Å². The van der Waals surface area contributed by atoms with Crippen LogP contribution in [-0.4, -0.2) is 42.8 Å². The summed E-state index contributed by atoms with van der Waals surface area (Å²) < 4.78 is 27.4. The lowest BCUT2D eigenvalue weighted by atomic mass is 10.5. The molecule has 0 unspecified atom stereocenters. The highest BCUT2D eigenvalue weighted by molar-refractivity contribution is 6.34. The zero-order chi connectivity index (χ0) is 11.3. The number of rotatable bonds is 2. The van der Waals surface area contributed by atoms with Gasteiger partial charge in [0.15, 0.2) is 0 Å². The fourth-order valence-corrected chi connectivity index (χ4v) is 0.893. The number of carbonyl (C=O) groups is 2. The maximum Gasteiger partial charge on any atom is 0.397 e. The van der Waals surface area contributed by atoms with Crippen LogP contribution in [0.15, 0.2) is 17.1 Å². The van der Waals surface area contributed by atoms with Crippen LogP contribution in [0.1, 0.15) is 0 Å². The zero-order valence-electron chi connectivity index (χ0n) is 7.65. The second kappa shape index (κ2) is 5.18. The number of amides is 1. The molecule has 0 N–H and O–H groups in total. The summed E-state index contributed by atoms with van der Waals surface area (Å²) in [6, 6.07) is 0. The molecule has 0 radical (unpaired) electrons. The van der Waals surface area contributed by atoms with Gasteiger partial charge in [0.2, 0.25) is 0 Å². The number of esters is 1. The second-order valence-electron chi connectivity index (χ2n) is 2.61. The molecule has 1 rings (SSSR count). The van der Waals surface area contributed by atoms with Gasteiger partial charge >= 0.3 is 11.9 Å². The summed E-state index contributed by atoms with van der Waals surface area (Å²) in [6.45, 7) is 0.122. The lowest BCUT2D eigenvalue weighted by molar-refractivity contribution is -0.157. The van der Waals surface area contributed by atoms with Gasteiger partial charge < -0.3 is 4.74 Å². The van der Waals surface area contributed by atoms with E-state index in [1.165, 1.54) is 6.34 Å². The van der Waals surface area contributed by atoms with Crippen LogP contribution in [0.2, 0.25) is 0 Å². The second-order valence-corrected chi connectivity index (χ2v) is 2.61. The molecular weight excluding hydrogens is 210 g/mol. The molecule has 1 aliphatic rings. The molecule has 0 aromatic rings. The average molecular weight is 218 g/mol. The minimum atomic E-state index is -1.96.